The van der Waals surface area contributed by atoms with Crippen LogP contribution in [-0.4, -0.2) is 43.4 Å². The number of likely N-dealkylation sites (N-methyl/N-ethyl adjacent to an activating group) is 1. The van der Waals surface area contributed by atoms with E-state index < -0.39 is 0 Å². The minimum atomic E-state index is -0.301. The number of nitrogens with zero attached hydrogens (tertiary/aromatic N) is 1. The SMILES string of the molecule is CCOC(=O)N(C)CCOC(C)(C)C. The molecule has 4 nitrogen and oxygen atoms in total. The van der Waals surface area contributed by atoms with Crippen LogP contribution in [-0.2, 0) is 9.47 Å². The lowest BCUT2D eigenvalue weighted by molar-refractivity contribution is -0.0109. The Hall–Kier alpha value is -0.770. The van der Waals surface area contributed by atoms with Gasteiger partial charge in [0, 0.05) is 13.6 Å². The summed E-state index contributed by atoms with van der Waals surface area (Å²) in [6, 6.07) is 0. The monoisotopic (exact) mass is 203 g/mol. The van der Waals surface area contributed by atoms with Gasteiger partial charge in [-0.3, -0.25) is 0 Å². The number of amides is 1. The van der Waals surface area contributed by atoms with Crippen LogP contribution < -0.4 is 0 Å². The van der Waals surface area contributed by atoms with Crippen molar-refractivity contribution in [3.63, 3.8) is 0 Å². The summed E-state index contributed by atoms with van der Waals surface area (Å²) >= 11 is 0. The number of hydrogen-bond acceptors (Lipinski definition) is 3. The van der Waals surface area contributed by atoms with Gasteiger partial charge >= 0.3 is 6.09 Å². The molecule has 0 rings (SSSR count). The first-order valence-corrected chi connectivity index (χ1v) is 4.88. The van der Waals surface area contributed by atoms with E-state index in [-0.39, 0.29) is 11.7 Å². The fraction of sp³-hybridized carbons (Fsp3) is 0.900. The summed E-state index contributed by atoms with van der Waals surface area (Å²) in [7, 11) is 1.70. The minimum absolute atomic E-state index is 0.157. The Morgan fingerprint density at radius 1 is 1.36 bits per heavy atom. The second-order valence-electron chi connectivity index (χ2n) is 4.08. The molecule has 0 saturated heterocycles. The Morgan fingerprint density at radius 2 is 1.93 bits per heavy atom. The highest BCUT2D eigenvalue weighted by molar-refractivity contribution is 5.67. The molecule has 0 aliphatic carbocycles. The lowest BCUT2D eigenvalue weighted by Gasteiger charge is -2.22. The zero-order chi connectivity index (χ0) is 11.2. The molecule has 0 aromatic heterocycles. The van der Waals surface area contributed by atoms with E-state index in [0.717, 1.165) is 0 Å². The molecular weight excluding hydrogens is 182 g/mol. The molecule has 0 N–H and O–H groups in total. The Bertz CT molecular complexity index is 175. The molecule has 0 aromatic carbocycles. The molecule has 0 spiro atoms. The fourth-order valence-corrected chi connectivity index (χ4v) is 0.814. The molecule has 0 saturated carbocycles. The van der Waals surface area contributed by atoms with Crippen LogP contribution in [0.15, 0.2) is 0 Å². The van der Waals surface area contributed by atoms with Crippen LogP contribution in [0.5, 0.6) is 0 Å². The average molecular weight is 203 g/mol. The molecule has 0 atom stereocenters. The van der Waals surface area contributed by atoms with Crippen molar-refractivity contribution in [2.24, 2.45) is 0 Å². The molecule has 0 aliphatic rings. The number of ether oxygens (including phenoxy) is 2. The lowest BCUT2D eigenvalue weighted by Crippen LogP contribution is -2.33. The first-order chi connectivity index (χ1) is 6.37. The largest absolute Gasteiger partial charge is 0.450 e. The third-order valence-corrected chi connectivity index (χ3v) is 1.54. The second-order valence-corrected chi connectivity index (χ2v) is 4.08. The van der Waals surface area contributed by atoms with E-state index in [1.165, 1.54) is 4.90 Å². The van der Waals surface area contributed by atoms with Crippen LogP contribution >= 0.6 is 0 Å². The Morgan fingerprint density at radius 3 is 2.36 bits per heavy atom. The van der Waals surface area contributed by atoms with Gasteiger partial charge in [-0.1, -0.05) is 0 Å². The van der Waals surface area contributed by atoms with Gasteiger partial charge in [-0.15, -0.1) is 0 Å². The van der Waals surface area contributed by atoms with Crippen LogP contribution in [0.25, 0.3) is 0 Å². The normalized spacial score (nSPS) is 11.2. The van der Waals surface area contributed by atoms with Crippen LogP contribution in [0, 0.1) is 0 Å². The maximum Gasteiger partial charge on any atom is 0.409 e. The van der Waals surface area contributed by atoms with E-state index in [2.05, 4.69) is 0 Å². The number of hydrogen-bond donors (Lipinski definition) is 0. The molecule has 0 bridgehead atoms. The molecule has 84 valence electrons. The standard InChI is InChI=1S/C10H21NO3/c1-6-13-9(12)11(5)7-8-14-10(2,3)4/h6-8H2,1-5H3. The highest BCUT2D eigenvalue weighted by Crippen LogP contribution is 2.06. The lowest BCUT2D eigenvalue weighted by atomic mass is 10.2. The fourth-order valence-electron chi connectivity index (χ4n) is 0.814. The van der Waals surface area contributed by atoms with Crippen molar-refractivity contribution < 1.29 is 14.3 Å². The van der Waals surface area contributed by atoms with Gasteiger partial charge in [-0.05, 0) is 27.7 Å². The van der Waals surface area contributed by atoms with E-state index in [1.807, 2.05) is 20.8 Å². The number of carbonyl (C=O) groups is 1. The highest BCUT2D eigenvalue weighted by Gasteiger charge is 2.12. The highest BCUT2D eigenvalue weighted by atomic mass is 16.6. The minimum Gasteiger partial charge on any atom is -0.450 e. The van der Waals surface area contributed by atoms with Gasteiger partial charge in [-0.25, -0.2) is 4.79 Å². The maximum absolute atomic E-state index is 11.1. The molecular formula is C10H21NO3. The van der Waals surface area contributed by atoms with Crippen molar-refractivity contribution in [1.29, 1.82) is 0 Å². The number of carbonyl (C=O) groups excluding carboxylic acids is 1. The summed E-state index contributed by atoms with van der Waals surface area (Å²) in [4.78, 5) is 12.7. The summed E-state index contributed by atoms with van der Waals surface area (Å²) in [5.74, 6) is 0. The van der Waals surface area contributed by atoms with Gasteiger partial charge in [0.2, 0.25) is 0 Å². The van der Waals surface area contributed by atoms with Crippen LogP contribution in [0.3, 0.4) is 0 Å². The van der Waals surface area contributed by atoms with Gasteiger partial charge in [0.15, 0.2) is 0 Å². The smallest absolute Gasteiger partial charge is 0.409 e. The zero-order valence-electron chi connectivity index (χ0n) is 9.79. The molecule has 1 amide bonds. The molecule has 0 heterocycles. The van der Waals surface area contributed by atoms with E-state index >= 15 is 0 Å². The second kappa shape index (κ2) is 5.86. The van der Waals surface area contributed by atoms with Gasteiger partial charge in [0.25, 0.3) is 0 Å². The Kier molecular flexibility index (Phi) is 5.53. The van der Waals surface area contributed by atoms with Crippen LogP contribution in [0.2, 0.25) is 0 Å². The Labute approximate surface area is 86.2 Å². The van der Waals surface area contributed by atoms with E-state index in [9.17, 15) is 4.79 Å². The van der Waals surface area contributed by atoms with Crippen molar-refractivity contribution >= 4 is 6.09 Å². The van der Waals surface area contributed by atoms with Gasteiger partial charge in [0.05, 0.1) is 18.8 Å². The molecule has 0 radical (unpaired) electrons. The molecule has 0 aliphatic heterocycles. The molecule has 14 heavy (non-hydrogen) atoms. The van der Waals surface area contributed by atoms with Gasteiger partial charge in [-0.2, -0.15) is 0 Å². The van der Waals surface area contributed by atoms with Crippen molar-refractivity contribution in [1.82, 2.24) is 4.90 Å². The number of rotatable bonds is 4. The van der Waals surface area contributed by atoms with Crippen LogP contribution in [0.1, 0.15) is 27.7 Å². The zero-order valence-corrected chi connectivity index (χ0v) is 9.79. The predicted octanol–water partition coefficient (Wildman–Crippen LogP) is 1.89. The van der Waals surface area contributed by atoms with E-state index in [0.29, 0.717) is 19.8 Å². The molecule has 0 unspecified atom stereocenters. The van der Waals surface area contributed by atoms with Crippen molar-refractivity contribution in [2.45, 2.75) is 33.3 Å². The average Bonchev–Trinajstić information content (AvgIpc) is 2.02. The Balaban J connectivity index is 3.63. The quantitative estimate of drug-likeness (QED) is 0.700. The van der Waals surface area contributed by atoms with Crippen molar-refractivity contribution in [3.8, 4) is 0 Å². The summed E-state index contributed by atoms with van der Waals surface area (Å²) in [5.41, 5.74) is -0.157. The molecule has 4 heteroatoms. The first-order valence-electron chi connectivity index (χ1n) is 4.88. The van der Waals surface area contributed by atoms with Crippen molar-refractivity contribution in [2.75, 3.05) is 26.8 Å². The summed E-state index contributed by atoms with van der Waals surface area (Å²) in [6.07, 6.45) is -0.301. The predicted molar refractivity (Wildman–Crippen MR) is 55.4 cm³/mol. The van der Waals surface area contributed by atoms with Gasteiger partial charge in [0.1, 0.15) is 0 Å². The third-order valence-electron chi connectivity index (χ3n) is 1.54. The molecule has 0 fully saturated rings. The van der Waals surface area contributed by atoms with E-state index in [4.69, 9.17) is 9.47 Å². The third kappa shape index (κ3) is 6.71. The van der Waals surface area contributed by atoms with Crippen LogP contribution in [0.4, 0.5) is 4.79 Å². The van der Waals surface area contributed by atoms with Crippen molar-refractivity contribution in [3.05, 3.63) is 0 Å². The summed E-state index contributed by atoms with van der Waals surface area (Å²) < 4.78 is 10.3. The summed E-state index contributed by atoms with van der Waals surface area (Å²) in [6.45, 7) is 9.22. The van der Waals surface area contributed by atoms with Gasteiger partial charge < -0.3 is 14.4 Å². The topological polar surface area (TPSA) is 38.8 Å². The first kappa shape index (κ1) is 13.2. The van der Waals surface area contributed by atoms with E-state index in [1.54, 1.807) is 14.0 Å². The molecule has 0 aromatic rings. The maximum atomic E-state index is 11.1. The summed E-state index contributed by atoms with van der Waals surface area (Å²) in [5, 5.41) is 0.